The zero-order valence-electron chi connectivity index (χ0n) is 14.2. The van der Waals surface area contributed by atoms with Crippen molar-refractivity contribution in [2.75, 3.05) is 13.2 Å². The van der Waals surface area contributed by atoms with Crippen LogP contribution in [0.5, 0.6) is 0 Å². The van der Waals surface area contributed by atoms with Crippen molar-refractivity contribution in [3.05, 3.63) is 46.5 Å². The van der Waals surface area contributed by atoms with Gasteiger partial charge in [-0.3, -0.25) is 5.43 Å². The molecule has 0 radical (unpaired) electrons. The molecular weight excluding hydrogens is 377 g/mol. The Labute approximate surface area is 161 Å². The van der Waals surface area contributed by atoms with Gasteiger partial charge in [0.05, 0.1) is 29.3 Å². The van der Waals surface area contributed by atoms with Crippen molar-refractivity contribution in [1.82, 2.24) is 20.5 Å². The first-order chi connectivity index (χ1) is 12.5. The van der Waals surface area contributed by atoms with E-state index in [1.54, 1.807) is 18.3 Å². The van der Waals surface area contributed by atoms with Crippen LogP contribution in [0.25, 0.3) is 5.69 Å². The molecule has 0 aliphatic carbocycles. The van der Waals surface area contributed by atoms with Crippen LogP contribution in [0.15, 0.2) is 29.4 Å². The summed E-state index contributed by atoms with van der Waals surface area (Å²) in [6, 6.07) is 5.93. The third kappa shape index (κ3) is 4.57. The van der Waals surface area contributed by atoms with Gasteiger partial charge >= 0.3 is 0 Å². The molecule has 26 heavy (non-hydrogen) atoms. The molecule has 2 heterocycles. The number of nitrogens with one attached hydrogen (secondary N) is 2. The number of hydrazone groups is 1. The number of hydrogen-bond donors (Lipinski definition) is 2. The minimum absolute atomic E-state index is 0.198. The maximum atomic E-state index is 13.1. The van der Waals surface area contributed by atoms with E-state index in [9.17, 15) is 4.39 Å². The summed E-state index contributed by atoms with van der Waals surface area (Å²) in [4.78, 5) is 0. The van der Waals surface area contributed by atoms with Gasteiger partial charge in [-0.1, -0.05) is 11.6 Å². The molecule has 1 fully saturated rings. The van der Waals surface area contributed by atoms with Crippen molar-refractivity contribution in [1.29, 1.82) is 0 Å². The van der Waals surface area contributed by atoms with Crippen molar-refractivity contribution in [3.63, 3.8) is 0 Å². The van der Waals surface area contributed by atoms with Crippen LogP contribution in [0.2, 0.25) is 5.15 Å². The van der Waals surface area contributed by atoms with Gasteiger partial charge in [0, 0.05) is 13.2 Å². The van der Waals surface area contributed by atoms with Crippen LogP contribution in [-0.2, 0) is 4.74 Å². The molecule has 9 heteroatoms. The fourth-order valence-electron chi connectivity index (χ4n) is 2.62. The molecule has 1 aromatic carbocycles. The fraction of sp³-hybridized carbons (Fsp3) is 0.353. The molecule has 1 saturated heterocycles. The zero-order chi connectivity index (χ0) is 18.5. The molecular formula is C17H19ClFN5OS. The summed E-state index contributed by atoms with van der Waals surface area (Å²) in [5.41, 5.74) is 4.78. The number of halogens is 2. The van der Waals surface area contributed by atoms with E-state index in [0.717, 1.165) is 19.4 Å². The summed E-state index contributed by atoms with van der Waals surface area (Å²) < 4.78 is 20.1. The Bertz CT molecular complexity index is 802. The van der Waals surface area contributed by atoms with Gasteiger partial charge in [-0.05, 0) is 56.2 Å². The van der Waals surface area contributed by atoms with Gasteiger partial charge in [-0.2, -0.15) is 10.2 Å². The molecule has 2 aromatic rings. The highest BCUT2D eigenvalue weighted by atomic mass is 35.5. The minimum Gasteiger partial charge on any atom is -0.376 e. The topological polar surface area (TPSA) is 63.5 Å². The molecule has 3 rings (SSSR count). The van der Waals surface area contributed by atoms with Gasteiger partial charge < -0.3 is 10.1 Å². The summed E-state index contributed by atoms with van der Waals surface area (Å²) in [6.07, 6.45) is 3.88. The first kappa shape index (κ1) is 18.8. The van der Waals surface area contributed by atoms with Gasteiger partial charge in [-0.15, -0.1) is 0 Å². The Kier molecular flexibility index (Phi) is 6.18. The van der Waals surface area contributed by atoms with Crippen LogP contribution in [0.1, 0.15) is 24.1 Å². The van der Waals surface area contributed by atoms with E-state index in [0.29, 0.717) is 33.8 Å². The lowest BCUT2D eigenvalue weighted by atomic mass is 10.2. The summed E-state index contributed by atoms with van der Waals surface area (Å²) in [6.45, 7) is 3.28. The quantitative estimate of drug-likeness (QED) is 0.463. The SMILES string of the molecule is Cc1nn(-c2ccc(F)cc2)c(Cl)c1/C=N\NC(=S)NC[C@@H]1CCCO1. The van der Waals surface area contributed by atoms with Gasteiger partial charge in [0.15, 0.2) is 5.11 Å². The predicted octanol–water partition coefficient (Wildman–Crippen LogP) is 2.95. The monoisotopic (exact) mass is 395 g/mol. The third-order valence-corrected chi connectivity index (χ3v) is 4.59. The maximum absolute atomic E-state index is 13.1. The number of ether oxygens (including phenoxy) is 1. The molecule has 0 spiro atoms. The summed E-state index contributed by atoms with van der Waals surface area (Å²) in [5.74, 6) is -0.316. The van der Waals surface area contributed by atoms with Crippen LogP contribution >= 0.6 is 23.8 Å². The second-order valence-corrected chi connectivity index (χ2v) is 6.66. The largest absolute Gasteiger partial charge is 0.376 e. The van der Waals surface area contributed by atoms with Crippen molar-refractivity contribution in [2.24, 2.45) is 5.10 Å². The smallest absolute Gasteiger partial charge is 0.187 e. The summed E-state index contributed by atoms with van der Waals surface area (Å²) in [7, 11) is 0. The molecule has 0 amide bonds. The molecule has 0 unspecified atom stereocenters. The lowest BCUT2D eigenvalue weighted by molar-refractivity contribution is 0.114. The maximum Gasteiger partial charge on any atom is 0.187 e. The molecule has 0 saturated carbocycles. The second-order valence-electron chi connectivity index (χ2n) is 5.89. The number of aryl methyl sites for hydroxylation is 1. The molecule has 1 atom stereocenters. The van der Waals surface area contributed by atoms with Crippen molar-refractivity contribution in [3.8, 4) is 5.69 Å². The average Bonchev–Trinajstić information content (AvgIpc) is 3.24. The van der Waals surface area contributed by atoms with Crippen molar-refractivity contribution < 1.29 is 9.13 Å². The Morgan fingerprint density at radius 2 is 2.27 bits per heavy atom. The number of benzene rings is 1. The van der Waals surface area contributed by atoms with Gasteiger partial charge in [0.1, 0.15) is 11.0 Å². The highest BCUT2D eigenvalue weighted by Crippen LogP contribution is 2.22. The number of hydrogen-bond acceptors (Lipinski definition) is 4. The Hall–Kier alpha value is -2.03. The minimum atomic E-state index is -0.316. The molecule has 1 aromatic heterocycles. The van der Waals surface area contributed by atoms with Gasteiger partial charge in [0.25, 0.3) is 0 Å². The van der Waals surface area contributed by atoms with Crippen LogP contribution in [-0.4, -0.2) is 40.4 Å². The molecule has 1 aliphatic rings. The van der Waals surface area contributed by atoms with Crippen molar-refractivity contribution in [2.45, 2.75) is 25.9 Å². The standard InChI is InChI=1S/C17H19ClFN5OS/c1-11-15(10-21-22-17(26)20-9-14-3-2-8-25-14)16(18)24(23-11)13-6-4-12(19)5-7-13/h4-7,10,14H,2-3,8-9H2,1H3,(H2,20,22,26)/b21-10-/t14-/m0/s1. The Morgan fingerprint density at radius 3 is 2.96 bits per heavy atom. The van der Waals surface area contributed by atoms with Crippen LogP contribution < -0.4 is 10.7 Å². The Morgan fingerprint density at radius 1 is 1.50 bits per heavy atom. The van der Waals surface area contributed by atoms with Crippen LogP contribution in [0, 0.1) is 12.7 Å². The van der Waals surface area contributed by atoms with Crippen LogP contribution in [0.4, 0.5) is 4.39 Å². The van der Waals surface area contributed by atoms with E-state index < -0.39 is 0 Å². The number of nitrogens with zero attached hydrogens (tertiary/aromatic N) is 3. The van der Waals surface area contributed by atoms with E-state index in [1.807, 2.05) is 6.92 Å². The Balaban J connectivity index is 1.61. The molecule has 138 valence electrons. The number of rotatable bonds is 5. The fourth-order valence-corrected chi connectivity index (χ4v) is 3.07. The lowest BCUT2D eigenvalue weighted by Crippen LogP contribution is -2.37. The first-order valence-corrected chi connectivity index (χ1v) is 9.03. The highest BCUT2D eigenvalue weighted by molar-refractivity contribution is 7.80. The summed E-state index contributed by atoms with van der Waals surface area (Å²) in [5, 5.41) is 12.4. The third-order valence-electron chi connectivity index (χ3n) is 3.99. The van der Waals surface area contributed by atoms with E-state index in [2.05, 4.69) is 20.9 Å². The molecule has 6 nitrogen and oxygen atoms in total. The van der Waals surface area contributed by atoms with E-state index in [4.69, 9.17) is 28.6 Å². The molecule has 1 aliphatic heterocycles. The number of thiocarbonyl (C=S) groups is 1. The predicted molar refractivity (Wildman–Crippen MR) is 104 cm³/mol. The summed E-state index contributed by atoms with van der Waals surface area (Å²) >= 11 is 11.6. The van der Waals surface area contributed by atoms with E-state index in [1.165, 1.54) is 16.8 Å². The normalized spacial score (nSPS) is 17.0. The van der Waals surface area contributed by atoms with Crippen molar-refractivity contribution >= 4 is 35.1 Å². The van der Waals surface area contributed by atoms with E-state index in [-0.39, 0.29) is 11.9 Å². The second kappa shape index (κ2) is 8.57. The molecule has 2 N–H and O–H groups in total. The zero-order valence-corrected chi connectivity index (χ0v) is 15.8. The van der Waals surface area contributed by atoms with Crippen LogP contribution in [0.3, 0.4) is 0 Å². The van der Waals surface area contributed by atoms with Gasteiger partial charge in [0.2, 0.25) is 0 Å². The number of aromatic nitrogens is 2. The molecule has 0 bridgehead atoms. The van der Waals surface area contributed by atoms with Gasteiger partial charge in [-0.25, -0.2) is 9.07 Å². The lowest BCUT2D eigenvalue weighted by Gasteiger charge is -2.11. The average molecular weight is 396 g/mol. The van der Waals surface area contributed by atoms with E-state index >= 15 is 0 Å². The first-order valence-electron chi connectivity index (χ1n) is 8.24. The highest BCUT2D eigenvalue weighted by Gasteiger charge is 2.15.